The topological polar surface area (TPSA) is 99.7 Å². The highest BCUT2D eigenvalue weighted by Gasteiger charge is 2.39. The predicted octanol–water partition coefficient (Wildman–Crippen LogP) is 5.98. The van der Waals surface area contributed by atoms with Crippen molar-refractivity contribution in [1.29, 1.82) is 0 Å². The number of esters is 1. The van der Waals surface area contributed by atoms with E-state index in [0.717, 1.165) is 52.3 Å². The van der Waals surface area contributed by atoms with Crippen molar-refractivity contribution in [3.63, 3.8) is 0 Å². The van der Waals surface area contributed by atoms with E-state index >= 15 is 0 Å². The summed E-state index contributed by atoms with van der Waals surface area (Å²) in [6.07, 6.45) is 2.91. The van der Waals surface area contributed by atoms with Gasteiger partial charge in [0.2, 0.25) is 5.91 Å². The highest BCUT2D eigenvalue weighted by Crippen LogP contribution is 2.43. The molecule has 2 aromatic heterocycles. The molecule has 3 atom stereocenters. The maximum absolute atomic E-state index is 14.7. The first-order chi connectivity index (χ1) is 19.2. The number of carbonyl (C=O) groups is 2. The third kappa shape index (κ3) is 4.41. The molecule has 0 unspecified atom stereocenters. The molecular weight excluding hydrogens is 515 g/mol. The molecule has 3 heterocycles. The zero-order valence-corrected chi connectivity index (χ0v) is 22.9. The van der Waals surface area contributed by atoms with Crippen molar-refractivity contribution in [2.45, 2.75) is 71.1 Å². The molecule has 40 heavy (non-hydrogen) atoms. The number of aryl methyl sites for hydroxylation is 2. The third-order valence-electron chi connectivity index (χ3n) is 8.02. The second kappa shape index (κ2) is 10.1. The predicted molar refractivity (Wildman–Crippen MR) is 146 cm³/mol. The zero-order valence-electron chi connectivity index (χ0n) is 22.9. The number of aromatic nitrogens is 3. The van der Waals surface area contributed by atoms with E-state index in [1.807, 2.05) is 32.0 Å². The summed E-state index contributed by atoms with van der Waals surface area (Å²) >= 11 is 0. The number of methoxy groups -OCH3 is 1. The molecule has 0 N–H and O–H groups in total. The van der Waals surface area contributed by atoms with E-state index in [9.17, 15) is 14.0 Å². The van der Waals surface area contributed by atoms with Gasteiger partial charge in [0.25, 0.3) is 0 Å². The number of imidazole rings is 1. The Kier molecular flexibility index (Phi) is 6.56. The summed E-state index contributed by atoms with van der Waals surface area (Å²) in [5.41, 5.74) is 4.85. The summed E-state index contributed by atoms with van der Waals surface area (Å²) in [6, 6.07) is 10.3. The number of carbonyl (C=O) groups excluding carboxylic acids is 2. The highest BCUT2D eigenvalue weighted by atomic mass is 19.1. The van der Waals surface area contributed by atoms with Crippen molar-refractivity contribution in [2.75, 3.05) is 12.0 Å². The molecule has 208 valence electrons. The lowest BCUT2D eigenvalue weighted by Gasteiger charge is -2.27. The summed E-state index contributed by atoms with van der Waals surface area (Å²) in [5, 5.41) is 4.10. The number of nitrogens with zero attached hydrogens (tertiary/aromatic N) is 4. The largest absolute Gasteiger partial charge is 0.494 e. The van der Waals surface area contributed by atoms with Crippen LogP contribution in [0.3, 0.4) is 0 Å². The molecule has 1 aliphatic carbocycles. The lowest BCUT2D eigenvalue weighted by Crippen LogP contribution is -2.30. The Balaban J connectivity index is 1.47. The van der Waals surface area contributed by atoms with Gasteiger partial charge in [-0.05, 0) is 62.9 Å². The number of rotatable bonds is 6. The highest BCUT2D eigenvalue weighted by molar-refractivity contribution is 5.96. The van der Waals surface area contributed by atoms with Crippen LogP contribution in [0.15, 0.2) is 40.9 Å². The van der Waals surface area contributed by atoms with Gasteiger partial charge in [-0.1, -0.05) is 11.2 Å². The van der Waals surface area contributed by atoms with Gasteiger partial charge in [0, 0.05) is 43.1 Å². The van der Waals surface area contributed by atoms with Gasteiger partial charge < -0.3 is 23.5 Å². The minimum atomic E-state index is -0.531. The Morgan fingerprint density at radius 3 is 2.65 bits per heavy atom. The fourth-order valence-electron chi connectivity index (χ4n) is 6.34. The van der Waals surface area contributed by atoms with Crippen molar-refractivity contribution in [1.82, 2.24) is 14.7 Å². The zero-order chi connectivity index (χ0) is 28.1. The van der Waals surface area contributed by atoms with E-state index in [4.69, 9.17) is 19.0 Å². The smallest absolute Gasteiger partial charge is 0.302 e. The lowest BCUT2D eigenvalue weighted by atomic mass is 10.0. The Labute approximate surface area is 230 Å². The average molecular weight is 547 g/mol. The summed E-state index contributed by atoms with van der Waals surface area (Å²) < 4.78 is 32.9. The fraction of sp³-hybridized carbons (Fsp3) is 0.400. The number of benzene rings is 2. The van der Waals surface area contributed by atoms with E-state index < -0.39 is 5.82 Å². The molecule has 2 aromatic carbocycles. The molecule has 6 rings (SSSR count). The quantitative estimate of drug-likeness (QED) is 0.274. The number of hydrogen-bond acceptors (Lipinski definition) is 7. The third-order valence-corrected chi connectivity index (χ3v) is 8.02. The molecule has 0 radical (unpaired) electrons. The van der Waals surface area contributed by atoms with Crippen molar-refractivity contribution >= 4 is 28.6 Å². The number of hydrogen-bond donors (Lipinski definition) is 0. The van der Waals surface area contributed by atoms with Crippen molar-refractivity contribution in [2.24, 2.45) is 0 Å². The maximum Gasteiger partial charge on any atom is 0.302 e. The van der Waals surface area contributed by atoms with E-state index in [1.165, 1.54) is 26.2 Å². The minimum absolute atomic E-state index is 0.0272. The van der Waals surface area contributed by atoms with Crippen LogP contribution in [0.2, 0.25) is 0 Å². The van der Waals surface area contributed by atoms with E-state index in [1.54, 1.807) is 11.0 Å². The van der Waals surface area contributed by atoms with E-state index in [0.29, 0.717) is 24.9 Å². The number of anilines is 1. The summed E-state index contributed by atoms with van der Waals surface area (Å²) in [4.78, 5) is 31.6. The molecule has 0 spiro atoms. The first-order valence-corrected chi connectivity index (χ1v) is 13.5. The SMILES string of the molecule is COc1ccc(N2C(=O)CC[C@H]2c2nc3cc(-c4c(C)noc4C)ccc3n2[C@@H]2CC[C@@H](OC(C)=O)C2)cc1F. The standard InChI is InChI=1S/C30H31FN4O5/c1-16-29(17(2)40-33-16)19-5-9-25-24(13-19)32-30(35(25)20-6-8-22(14-20)39-18(3)36)26-10-12-28(37)34(26)21-7-11-27(38-4)23(31)15-21/h5,7,9,11,13,15,20,22,26H,6,8,10,12,14H2,1-4H3/t20-,22-,26+/m1/s1. The molecule has 2 aliphatic rings. The van der Waals surface area contributed by atoms with Crippen LogP contribution in [-0.4, -0.2) is 39.8 Å². The van der Waals surface area contributed by atoms with Gasteiger partial charge in [0.1, 0.15) is 17.7 Å². The maximum atomic E-state index is 14.7. The molecule has 1 aliphatic heterocycles. The Morgan fingerprint density at radius 2 is 1.95 bits per heavy atom. The molecular formula is C30H31FN4O5. The van der Waals surface area contributed by atoms with Gasteiger partial charge in [-0.25, -0.2) is 9.37 Å². The number of fused-ring (bicyclic) bond motifs is 1. The van der Waals surface area contributed by atoms with Crippen LogP contribution in [-0.2, 0) is 14.3 Å². The molecule has 1 saturated heterocycles. The van der Waals surface area contributed by atoms with E-state index in [-0.39, 0.29) is 35.8 Å². The molecule has 10 heteroatoms. The molecule has 4 aromatic rings. The molecule has 9 nitrogen and oxygen atoms in total. The fourth-order valence-corrected chi connectivity index (χ4v) is 6.34. The van der Waals surface area contributed by atoms with Crippen LogP contribution in [0.4, 0.5) is 10.1 Å². The van der Waals surface area contributed by atoms with Crippen LogP contribution in [0.5, 0.6) is 5.75 Å². The summed E-state index contributed by atoms with van der Waals surface area (Å²) in [6.45, 7) is 5.22. The van der Waals surface area contributed by atoms with Crippen molar-refractivity contribution in [3.05, 3.63) is 59.5 Å². The van der Waals surface area contributed by atoms with Crippen LogP contribution < -0.4 is 9.64 Å². The van der Waals surface area contributed by atoms with Gasteiger partial charge in [-0.3, -0.25) is 9.59 Å². The van der Waals surface area contributed by atoms with E-state index in [2.05, 4.69) is 9.72 Å². The van der Waals surface area contributed by atoms with Gasteiger partial charge in [0.15, 0.2) is 11.6 Å². The first kappa shape index (κ1) is 26.0. The van der Waals surface area contributed by atoms with Gasteiger partial charge >= 0.3 is 5.97 Å². The summed E-state index contributed by atoms with van der Waals surface area (Å²) in [5.74, 6) is 0.671. The first-order valence-electron chi connectivity index (χ1n) is 13.5. The van der Waals surface area contributed by atoms with Gasteiger partial charge in [-0.2, -0.15) is 0 Å². The lowest BCUT2D eigenvalue weighted by molar-refractivity contribution is -0.146. The van der Waals surface area contributed by atoms with Crippen LogP contribution >= 0.6 is 0 Å². The molecule has 1 saturated carbocycles. The second-order valence-electron chi connectivity index (χ2n) is 10.6. The van der Waals surface area contributed by atoms with Crippen molar-refractivity contribution < 1.29 is 28.0 Å². The van der Waals surface area contributed by atoms with Gasteiger partial charge in [-0.15, -0.1) is 0 Å². The number of amides is 1. The Morgan fingerprint density at radius 1 is 1.12 bits per heavy atom. The van der Waals surface area contributed by atoms with Crippen LogP contribution in [0.25, 0.3) is 22.2 Å². The monoisotopic (exact) mass is 546 g/mol. The number of ether oxygens (including phenoxy) is 2. The normalized spacial score (nSPS) is 21.0. The Bertz CT molecular complexity index is 1610. The minimum Gasteiger partial charge on any atom is -0.494 e. The van der Waals surface area contributed by atoms with Gasteiger partial charge in [0.05, 0.1) is 29.9 Å². The number of halogens is 1. The Hall–Kier alpha value is -4.21. The molecule has 2 fully saturated rings. The summed E-state index contributed by atoms with van der Waals surface area (Å²) in [7, 11) is 1.41. The van der Waals surface area contributed by atoms with Crippen LogP contribution in [0, 0.1) is 19.7 Å². The van der Waals surface area contributed by atoms with Crippen LogP contribution in [0.1, 0.15) is 68.4 Å². The average Bonchev–Trinajstić information content (AvgIpc) is 3.68. The van der Waals surface area contributed by atoms with Crippen molar-refractivity contribution in [3.8, 4) is 16.9 Å². The molecule has 1 amide bonds. The second-order valence-corrected chi connectivity index (χ2v) is 10.6. The molecule has 0 bridgehead atoms.